The number of ether oxygens (including phenoxy) is 2. The average Bonchev–Trinajstić information content (AvgIpc) is 2.36. The zero-order chi connectivity index (χ0) is 14.5. The van der Waals surface area contributed by atoms with E-state index in [-0.39, 0.29) is 12.4 Å². The average molecular weight is 288 g/mol. The SMILES string of the molecule is COc1ccc(C(N)=NCCS(=O)(=O)O)cc1OC. The Bertz CT molecular complexity index is 568. The Morgan fingerprint density at radius 3 is 2.47 bits per heavy atom. The lowest BCUT2D eigenvalue weighted by molar-refractivity contribution is 0.355. The van der Waals surface area contributed by atoms with E-state index >= 15 is 0 Å². The van der Waals surface area contributed by atoms with Gasteiger partial charge in [-0.1, -0.05) is 0 Å². The summed E-state index contributed by atoms with van der Waals surface area (Å²) in [6.07, 6.45) is 0. The van der Waals surface area contributed by atoms with Crippen molar-refractivity contribution in [3.05, 3.63) is 23.8 Å². The van der Waals surface area contributed by atoms with E-state index in [1.807, 2.05) is 0 Å². The molecule has 0 fully saturated rings. The molecule has 0 saturated carbocycles. The molecule has 7 nitrogen and oxygen atoms in total. The van der Waals surface area contributed by atoms with Gasteiger partial charge in [-0.15, -0.1) is 0 Å². The molecular formula is C11H16N2O5S. The van der Waals surface area contributed by atoms with Crippen LogP contribution in [0.1, 0.15) is 5.56 Å². The summed E-state index contributed by atoms with van der Waals surface area (Å²) in [6.45, 7) is -0.112. The van der Waals surface area contributed by atoms with Crippen molar-refractivity contribution in [2.45, 2.75) is 0 Å². The lowest BCUT2D eigenvalue weighted by Crippen LogP contribution is -2.16. The summed E-state index contributed by atoms with van der Waals surface area (Å²) in [7, 11) is -1.02. The summed E-state index contributed by atoms with van der Waals surface area (Å²) in [5, 5.41) is 0. The lowest BCUT2D eigenvalue weighted by Gasteiger charge is -2.09. The Balaban J connectivity index is 2.87. The van der Waals surface area contributed by atoms with Gasteiger partial charge in [-0.3, -0.25) is 9.55 Å². The molecule has 19 heavy (non-hydrogen) atoms. The maximum Gasteiger partial charge on any atom is 0.266 e. The first-order chi connectivity index (χ1) is 8.87. The van der Waals surface area contributed by atoms with Gasteiger partial charge in [0.15, 0.2) is 11.5 Å². The molecule has 0 aromatic heterocycles. The Kier molecular flexibility index (Phi) is 5.13. The van der Waals surface area contributed by atoms with Crippen LogP contribution in [0.5, 0.6) is 11.5 Å². The summed E-state index contributed by atoms with van der Waals surface area (Å²) >= 11 is 0. The summed E-state index contributed by atoms with van der Waals surface area (Å²) in [4.78, 5) is 3.87. The third-order valence-corrected chi connectivity index (χ3v) is 3.01. The predicted octanol–water partition coefficient (Wildman–Crippen LogP) is 0.297. The van der Waals surface area contributed by atoms with Gasteiger partial charge in [0, 0.05) is 5.56 Å². The summed E-state index contributed by atoms with van der Waals surface area (Å²) < 4.78 is 39.9. The van der Waals surface area contributed by atoms with E-state index in [0.717, 1.165) is 0 Å². The Morgan fingerprint density at radius 1 is 1.32 bits per heavy atom. The van der Waals surface area contributed by atoms with E-state index in [1.165, 1.54) is 14.2 Å². The third kappa shape index (κ3) is 4.76. The Labute approximate surface area is 111 Å². The quantitative estimate of drug-likeness (QED) is 0.442. The molecule has 0 spiro atoms. The van der Waals surface area contributed by atoms with Gasteiger partial charge < -0.3 is 15.2 Å². The van der Waals surface area contributed by atoms with Crippen LogP contribution >= 0.6 is 0 Å². The second-order valence-corrected chi connectivity index (χ2v) is 5.19. The minimum absolute atomic E-state index is 0.112. The molecule has 8 heteroatoms. The second kappa shape index (κ2) is 6.39. The van der Waals surface area contributed by atoms with Crippen LogP contribution in [0, 0.1) is 0 Å². The van der Waals surface area contributed by atoms with Gasteiger partial charge in [-0.25, -0.2) is 0 Å². The van der Waals surface area contributed by atoms with Crippen LogP contribution in [0.3, 0.4) is 0 Å². The van der Waals surface area contributed by atoms with Crippen LogP contribution in [0.2, 0.25) is 0 Å². The van der Waals surface area contributed by atoms with Crippen molar-refractivity contribution in [1.29, 1.82) is 0 Å². The molecule has 1 rings (SSSR count). The van der Waals surface area contributed by atoms with Crippen molar-refractivity contribution >= 4 is 16.0 Å². The Morgan fingerprint density at radius 2 is 1.95 bits per heavy atom. The molecule has 0 aliphatic rings. The first-order valence-electron chi connectivity index (χ1n) is 5.35. The van der Waals surface area contributed by atoms with Gasteiger partial charge in [-0.2, -0.15) is 8.42 Å². The molecule has 0 aliphatic heterocycles. The molecular weight excluding hydrogens is 272 g/mol. The van der Waals surface area contributed by atoms with E-state index in [2.05, 4.69) is 4.99 Å². The number of nitrogens with zero attached hydrogens (tertiary/aromatic N) is 1. The van der Waals surface area contributed by atoms with Crippen molar-refractivity contribution in [1.82, 2.24) is 0 Å². The molecule has 0 aliphatic carbocycles. The zero-order valence-electron chi connectivity index (χ0n) is 10.7. The molecule has 1 aromatic carbocycles. The van der Waals surface area contributed by atoms with Crippen molar-refractivity contribution in [2.75, 3.05) is 26.5 Å². The van der Waals surface area contributed by atoms with Crippen LogP contribution < -0.4 is 15.2 Å². The lowest BCUT2D eigenvalue weighted by atomic mass is 10.2. The first-order valence-corrected chi connectivity index (χ1v) is 6.96. The Hall–Kier alpha value is -1.80. The molecule has 0 atom stereocenters. The maximum atomic E-state index is 10.5. The number of aliphatic imine (C=N–C) groups is 1. The van der Waals surface area contributed by atoms with Gasteiger partial charge in [0.1, 0.15) is 5.84 Å². The highest BCUT2D eigenvalue weighted by Crippen LogP contribution is 2.27. The third-order valence-electron chi connectivity index (χ3n) is 2.31. The number of hydrogen-bond donors (Lipinski definition) is 2. The summed E-state index contributed by atoms with van der Waals surface area (Å²) in [5.74, 6) is 0.732. The predicted molar refractivity (Wildman–Crippen MR) is 71.6 cm³/mol. The standard InChI is InChI=1S/C11H16N2O5S/c1-17-9-4-3-8(7-10(9)18-2)11(12)13-5-6-19(14,15)16/h3-4,7H,5-6H2,1-2H3,(H2,12,13)(H,14,15,16). The highest BCUT2D eigenvalue weighted by molar-refractivity contribution is 7.85. The van der Waals surface area contributed by atoms with E-state index < -0.39 is 15.9 Å². The minimum atomic E-state index is -4.03. The van der Waals surface area contributed by atoms with Gasteiger partial charge >= 0.3 is 0 Å². The van der Waals surface area contributed by atoms with Gasteiger partial charge in [0.25, 0.3) is 10.1 Å². The van der Waals surface area contributed by atoms with Gasteiger partial charge in [0.05, 0.1) is 26.5 Å². The van der Waals surface area contributed by atoms with Gasteiger partial charge in [0.2, 0.25) is 0 Å². The van der Waals surface area contributed by atoms with Crippen LogP contribution in [0.4, 0.5) is 0 Å². The summed E-state index contributed by atoms with van der Waals surface area (Å²) in [6, 6.07) is 4.97. The molecule has 0 radical (unpaired) electrons. The smallest absolute Gasteiger partial charge is 0.266 e. The molecule has 0 unspecified atom stereocenters. The molecule has 0 amide bonds. The van der Waals surface area contributed by atoms with Crippen LogP contribution in [-0.2, 0) is 10.1 Å². The first kappa shape index (κ1) is 15.3. The summed E-state index contributed by atoms with van der Waals surface area (Å²) in [5.41, 5.74) is 6.29. The molecule has 3 N–H and O–H groups in total. The fraction of sp³-hybridized carbons (Fsp3) is 0.364. The zero-order valence-corrected chi connectivity index (χ0v) is 11.5. The van der Waals surface area contributed by atoms with Crippen molar-refractivity contribution in [3.63, 3.8) is 0 Å². The number of nitrogens with two attached hydrogens (primary N) is 1. The van der Waals surface area contributed by atoms with E-state index in [1.54, 1.807) is 18.2 Å². The van der Waals surface area contributed by atoms with Crippen molar-refractivity contribution in [2.24, 2.45) is 10.7 Å². The van der Waals surface area contributed by atoms with E-state index in [9.17, 15) is 8.42 Å². The fourth-order valence-electron chi connectivity index (χ4n) is 1.37. The van der Waals surface area contributed by atoms with E-state index in [0.29, 0.717) is 17.1 Å². The van der Waals surface area contributed by atoms with Crippen LogP contribution in [-0.4, -0.2) is 45.3 Å². The molecule has 106 valence electrons. The molecule has 0 saturated heterocycles. The molecule has 1 aromatic rings. The number of amidine groups is 1. The van der Waals surface area contributed by atoms with Crippen LogP contribution in [0.25, 0.3) is 0 Å². The number of benzene rings is 1. The minimum Gasteiger partial charge on any atom is -0.493 e. The number of methoxy groups -OCH3 is 2. The fourth-order valence-corrected chi connectivity index (χ4v) is 1.69. The topological polar surface area (TPSA) is 111 Å². The number of rotatable bonds is 6. The largest absolute Gasteiger partial charge is 0.493 e. The molecule has 0 heterocycles. The molecule has 0 bridgehead atoms. The van der Waals surface area contributed by atoms with Crippen molar-refractivity contribution < 1.29 is 22.4 Å². The van der Waals surface area contributed by atoms with E-state index in [4.69, 9.17) is 19.8 Å². The number of hydrogen-bond acceptors (Lipinski definition) is 5. The maximum absolute atomic E-state index is 10.5. The normalized spacial score (nSPS) is 12.3. The highest BCUT2D eigenvalue weighted by atomic mass is 32.2. The van der Waals surface area contributed by atoms with Gasteiger partial charge in [-0.05, 0) is 18.2 Å². The highest BCUT2D eigenvalue weighted by Gasteiger charge is 2.08. The van der Waals surface area contributed by atoms with Crippen molar-refractivity contribution in [3.8, 4) is 11.5 Å². The van der Waals surface area contributed by atoms with Crippen LogP contribution in [0.15, 0.2) is 23.2 Å². The second-order valence-electron chi connectivity index (χ2n) is 3.62. The monoisotopic (exact) mass is 288 g/mol.